The number of amides is 1. The van der Waals surface area contributed by atoms with Gasteiger partial charge in [-0.3, -0.25) is 4.79 Å². The van der Waals surface area contributed by atoms with Crippen molar-refractivity contribution in [1.29, 1.82) is 0 Å². The summed E-state index contributed by atoms with van der Waals surface area (Å²) in [5.41, 5.74) is 8.45. The minimum Gasteiger partial charge on any atom is -0.354 e. The second-order valence-corrected chi connectivity index (χ2v) is 7.95. The van der Waals surface area contributed by atoms with Crippen molar-refractivity contribution >= 4 is 30.7 Å². The highest BCUT2D eigenvalue weighted by atomic mass is 35.5. The van der Waals surface area contributed by atoms with Crippen molar-refractivity contribution in [3.05, 3.63) is 89.8 Å². The summed E-state index contributed by atoms with van der Waals surface area (Å²) in [7, 11) is 0. The first-order valence-corrected chi connectivity index (χ1v) is 9.67. The molecular formula is C23H29Cl2FN4O. The average molecular weight is 467 g/mol. The van der Waals surface area contributed by atoms with Crippen molar-refractivity contribution in [2.24, 2.45) is 5.73 Å². The number of benzene rings is 2. The number of nitrogens with two attached hydrogens (primary N) is 1. The number of hydrogen-bond donors (Lipinski definition) is 2. The number of carbonyl (C=O) groups is 1. The molecule has 0 aliphatic rings. The zero-order valence-electron chi connectivity index (χ0n) is 17.6. The summed E-state index contributed by atoms with van der Waals surface area (Å²) < 4.78 is 15.5. The fraction of sp³-hybridized carbons (Fsp3) is 0.304. The van der Waals surface area contributed by atoms with Crippen LogP contribution >= 0.6 is 24.8 Å². The molecule has 0 aliphatic heterocycles. The van der Waals surface area contributed by atoms with E-state index in [4.69, 9.17) is 5.73 Å². The Bertz CT molecular complexity index is 963. The Morgan fingerprint density at radius 1 is 1.16 bits per heavy atom. The number of rotatable bonds is 8. The Morgan fingerprint density at radius 2 is 1.87 bits per heavy atom. The number of halogens is 3. The lowest BCUT2D eigenvalue weighted by Crippen LogP contribution is -2.46. The topological polar surface area (TPSA) is 72.9 Å². The largest absolute Gasteiger partial charge is 0.354 e. The minimum absolute atomic E-state index is 0. The molecule has 1 aromatic heterocycles. The molecule has 168 valence electrons. The molecule has 31 heavy (non-hydrogen) atoms. The van der Waals surface area contributed by atoms with Crippen LogP contribution in [0.1, 0.15) is 30.7 Å². The van der Waals surface area contributed by atoms with Gasteiger partial charge in [-0.25, -0.2) is 9.37 Å². The molecule has 0 bridgehead atoms. The van der Waals surface area contributed by atoms with Gasteiger partial charge in [0.1, 0.15) is 5.82 Å². The van der Waals surface area contributed by atoms with Gasteiger partial charge in [0.2, 0.25) is 5.91 Å². The summed E-state index contributed by atoms with van der Waals surface area (Å²) in [5.74, 6) is -0.531. The SMILES string of the molecule is CC(C)(CNC(=O)[C@@H](N)Cc1cn(Cc2ccccc2)cn1)c1cccc(F)c1.Cl.Cl. The Hall–Kier alpha value is -2.41. The summed E-state index contributed by atoms with van der Waals surface area (Å²) in [6.45, 7) is 5.00. The van der Waals surface area contributed by atoms with E-state index in [9.17, 15) is 9.18 Å². The lowest BCUT2D eigenvalue weighted by atomic mass is 9.84. The van der Waals surface area contributed by atoms with Gasteiger partial charge >= 0.3 is 0 Å². The van der Waals surface area contributed by atoms with E-state index < -0.39 is 11.5 Å². The highest BCUT2D eigenvalue weighted by Gasteiger charge is 2.24. The lowest BCUT2D eigenvalue weighted by molar-refractivity contribution is -0.122. The van der Waals surface area contributed by atoms with E-state index in [1.807, 2.05) is 48.9 Å². The first-order valence-electron chi connectivity index (χ1n) is 9.67. The smallest absolute Gasteiger partial charge is 0.237 e. The molecule has 0 radical (unpaired) electrons. The van der Waals surface area contributed by atoms with E-state index in [1.54, 1.807) is 12.4 Å². The van der Waals surface area contributed by atoms with Gasteiger partial charge in [-0.1, -0.05) is 56.3 Å². The van der Waals surface area contributed by atoms with E-state index in [0.717, 1.165) is 17.8 Å². The molecule has 3 rings (SSSR count). The minimum atomic E-state index is -0.696. The van der Waals surface area contributed by atoms with Gasteiger partial charge in [0.25, 0.3) is 0 Å². The third-order valence-electron chi connectivity index (χ3n) is 4.97. The van der Waals surface area contributed by atoms with Gasteiger partial charge in [-0.2, -0.15) is 0 Å². The maximum absolute atomic E-state index is 13.5. The molecule has 5 nitrogen and oxygen atoms in total. The van der Waals surface area contributed by atoms with E-state index in [2.05, 4.69) is 22.4 Å². The molecule has 3 aromatic rings. The number of nitrogens with zero attached hydrogens (tertiary/aromatic N) is 2. The van der Waals surface area contributed by atoms with Crippen LogP contribution in [0.25, 0.3) is 0 Å². The van der Waals surface area contributed by atoms with E-state index >= 15 is 0 Å². The summed E-state index contributed by atoms with van der Waals surface area (Å²) in [5, 5.41) is 2.89. The van der Waals surface area contributed by atoms with Crippen molar-refractivity contribution in [3.63, 3.8) is 0 Å². The molecule has 1 amide bonds. The third-order valence-corrected chi connectivity index (χ3v) is 4.97. The average Bonchev–Trinajstić information content (AvgIpc) is 3.13. The van der Waals surface area contributed by atoms with E-state index in [0.29, 0.717) is 13.0 Å². The highest BCUT2D eigenvalue weighted by molar-refractivity contribution is 5.85. The van der Waals surface area contributed by atoms with Crippen LogP contribution in [0.2, 0.25) is 0 Å². The van der Waals surface area contributed by atoms with Gasteiger partial charge < -0.3 is 15.6 Å². The molecule has 0 fully saturated rings. The van der Waals surface area contributed by atoms with Crippen LogP contribution in [0.5, 0.6) is 0 Å². The lowest BCUT2D eigenvalue weighted by Gasteiger charge is -2.26. The van der Waals surface area contributed by atoms with Crippen LogP contribution in [-0.2, 0) is 23.2 Å². The second kappa shape index (κ2) is 11.8. The second-order valence-electron chi connectivity index (χ2n) is 7.95. The molecule has 0 saturated carbocycles. The molecule has 0 aliphatic carbocycles. The Morgan fingerprint density at radius 3 is 2.55 bits per heavy atom. The monoisotopic (exact) mass is 466 g/mol. The van der Waals surface area contributed by atoms with Gasteiger partial charge in [-0.15, -0.1) is 24.8 Å². The molecule has 0 saturated heterocycles. The first-order chi connectivity index (χ1) is 13.8. The molecule has 0 unspecified atom stereocenters. The summed E-state index contributed by atoms with van der Waals surface area (Å²) in [6.07, 6.45) is 4.02. The Balaban J connectivity index is 0.00000240. The summed E-state index contributed by atoms with van der Waals surface area (Å²) in [6, 6.07) is 15.8. The molecule has 2 aromatic carbocycles. The number of imidazole rings is 1. The van der Waals surface area contributed by atoms with Gasteiger partial charge in [0.15, 0.2) is 0 Å². The van der Waals surface area contributed by atoms with Gasteiger partial charge in [0.05, 0.1) is 18.1 Å². The molecule has 8 heteroatoms. The zero-order valence-corrected chi connectivity index (χ0v) is 19.3. The molecular weight excluding hydrogens is 438 g/mol. The van der Waals surface area contributed by atoms with E-state index in [-0.39, 0.29) is 36.5 Å². The van der Waals surface area contributed by atoms with Crippen molar-refractivity contribution < 1.29 is 9.18 Å². The van der Waals surface area contributed by atoms with Crippen LogP contribution in [0.15, 0.2) is 67.1 Å². The van der Waals surface area contributed by atoms with Gasteiger partial charge in [-0.05, 0) is 23.3 Å². The maximum Gasteiger partial charge on any atom is 0.237 e. The highest BCUT2D eigenvalue weighted by Crippen LogP contribution is 2.22. The first kappa shape index (κ1) is 26.6. The zero-order chi connectivity index (χ0) is 20.9. The molecule has 1 atom stereocenters. The number of carbonyl (C=O) groups excluding carboxylic acids is 1. The Labute approximate surface area is 195 Å². The van der Waals surface area contributed by atoms with Gasteiger partial charge in [0, 0.05) is 31.1 Å². The molecule has 3 N–H and O–H groups in total. The summed E-state index contributed by atoms with van der Waals surface area (Å²) in [4.78, 5) is 16.8. The van der Waals surface area contributed by atoms with E-state index in [1.165, 1.54) is 17.7 Å². The van der Waals surface area contributed by atoms with Crippen LogP contribution < -0.4 is 11.1 Å². The normalized spacial score (nSPS) is 11.7. The quantitative estimate of drug-likeness (QED) is 0.528. The fourth-order valence-corrected chi connectivity index (χ4v) is 3.16. The predicted molar refractivity (Wildman–Crippen MR) is 126 cm³/mol. The van der Waals surface area contributed by atoms with Crippen LogP contribution in [0.3, 0.4) is 0 Å². The fourth-order valence-electron chi connectivity index (χ4n) is 3.16. The number of nitrogens with one attached hydrogen (secondary N) is 1. The standard InChI is InChI=1S/C23H27FN4O.2ClH/c1-23(2,18-9-6-10-19(24)11-18)15-26-22(29)21(25)12-20-14-28(16-27-20)13-17-7-4-3-5-8-17;;/h3-11,14,16,21H,12-13,15,25H2,1-2H3,(H,26,29);2*1H/t21-;;/m0../s1. The van der Waals surface area contributed by atoms with Crippen molar-refractivity contribution in [2.45, 2.75) is 38.3 Å². The maximum atomic E-state index is 13.5. The predicted octanol–water partition coefficient (Wildman–Crippen LogP) is 3.88. The number of hydrogen-bond acceptors (Lipinski definition) is 3. The molecule has 1 heterocycles. The number of aromatic nitrogens is 2. The molecule has 0 spiro atoms. The Kier molecular flexibility index (Phi) is 10.2. The van der Waals surface area contributed by atoms with Crippen LogP contribution in [0.4, 0.5) is 4.39 Å². The van der Waals surface area contributed by atoms with Crippen molar-refractivity contribution in [2.75, 3.05) is 6.54 Å². The van der Waals surface area contributed by atoms with Crippen molar-refractivity contribution in [1.82, 2.24) is 14.9 Å². The van der Waals surface area contributed by atoms with Crippen LogP contribution in [-0.4, -0.2) is 28.0 Å². The summed E-state index contributed by atoms with van der Waals surface area (Å²) >= 11 is 0. The van der Waals surface area contributed by atoms with Crippen molar-refractivity contribution in [3.8, 4) is 0 Å². The third kappa shape index (κ3) is 7.65. The van der Waals surface area contributed by atoms with Crippen LogP contribution in [0, 0.1) is 5.82 Å².